The summed E-state index contributed by atoms with van der Waals surface area (Å²) in [6, 6.07) is 8.22. The van der Waals surface area contributed by atoms with Crippen molar-refractivity contribution < 1.29 is 9.53 Å². The molecule has 1 aromatic rings. The molecule has 1 aliphatic heterocycles. The van der Waals surface area contributed by atoms with Gasteiger partial charge < -0.3 is 15.4 Å². The standard InChI is InChI=1S/C21H32N2O2.ClH/c1-16(17-9-13-22-14-10-17)15-20(24)23-21(11-3-4-12-21)18-5-7-19(25-2)8-6-18;/h5-8,16-17,22H,3-4,9-15H2,1-2H3,(H,23,24);1H. The van der Waals surface area contributed by atoms with Gasteiger partial charge in [0.15, 0.2) is 0 Å². The van der Waals surface area contributed by atoms with Gasteiger partial charge in [0.05, 0.1) is 12.6 Å². The summed E-state index contributed by atoms with van der Waals surface area (Å²) >= 11 is 0. The van der Waals surface area contributed by atoms with Gasteiger partial charge in [0, 0.05) is 6.42 Å². The van der Waals surface area contributed by atoms with E-state index < -0.39 is 0 Å². The summed E-state index contributed by atoms with van der Waals surface area (Å²) in [7, 11) is 1.68. The van der Waals surface area contributed by atoms with Gasteiger partial charge >= 0.3 is 0 Å². The van der Waals surface area contributed by atoms with Crippen LogP contribution < -0.4 is 15.4 Å². The number of benzene rings is 1. The van der Waals surface area contributed by atoms with Crippen LogP contribution >= 0.6 is 12.4 Å². The average Bonchev–Trinajstić information content (AvgIpc) is 3.12. The highest BCUT2D eigenvalue weighted by Crippen LogP contribution is 2.39. The molecule has 1 unspecified atom stereocenters. The van der Waals surface area contributed by atoms with E-state index >= 15 is 0 Å². The number of rotatable bonds is 6. The molecule has 1 saturated heterocycles. The lowest BCUT2D eigenvalue weighted by atomic mass is 9.83. The van der Waals surface area contributed by atoms with Crippen molar-refractivity contribution in [1.82, 2.24) is 10.6 Å². The third kappa shape index (κ3) is 4.92. The maximum absolute atomic E-state index is 12.8. The van der Waals surface area contributed by atoms with E-state index in [2.05, 4.69) is 29.7 Å². The molecule has 2 aliphatic rings. The second kappa shape index (κ2) is 9.61. The number of ether oxygens (including phenoxy) is 1. The number of amides is 1. The zero-order valence-electron chi connectivity index (χ0n) is 16.1. The molecule has 0 radical (unpaired) electrons. The minimum atomic E-state index is -0.183. The molecule has 26 heavy (non-hydrogen) atoms. The van der Waals surface area contributed by atoms with Gasteiger partial charge in [0.2, 0.25) is 5.91 Å². The molecule has 146 valence electrons. The van der Waals surface area contributed by atoms with Crippen LogP contribution in [0.4, 0.5) is 0 Å². The van der Waals surface area contributed by atoms with Crippen molar-refractivity contribution in [3.05, 3.63) is 29.8 Å². The molecule has 1 amide bonds. The Balaban J connectivity index is 0.00000243. The SMILES string of the molecule is COc1ccc(C2(NC(=O)CC(C)C3CCNCC3)CCCC2)cc1.Cl. The van der Waals surface area contributed by atoms with Crippen LogP contribution in [0.5, 0.6) is 5.75 Å². The minimum absolute atomic E-state index is 0. The van der Waals surface area contributed by atoms with Gasteiger partial charge in [-0.15, -0.1) is 12.4 Å². The van der Waals surface area contributed by atoms with E-state index in [0.29, 0.717) is 18.3 Å². The number of nitrogens with one attached hydrogen (secondary N) is 2. The zero-order chi connectivity index (χ0) is 17.7. The van der Waals surface area contributed by atoms with Crippen LogP contribution in [0.3, 0.4) is 0 Å². The number of carbonyl (C=O) groups excluding carboxylic acids is 1. The summed E-state index contributed by atoms with van der Waals surface area (Å²) in [5, 5.41) is 6.83. The fourth-order valence-electron chi connectivity index (χ4n) is 4.56. The van der Waals surface area contributed by atoms with E-state index in [4.69, 9.17) is 4.74 Å². The molecule has 1 atom stereocenters. The monoisotopic (exact) mass is 380 g/mol. The van der Waals surface area contributed by atoms with Crippen molar-refractivity contribution in [2.45, 2.75) is 57.4 Å². The highest BCUT2D eigenvalue weighted by atomic mass is 35.5. The smallest absolute Gasteiger partial charge is 0.220 e. The summed E-state index contributed by atoms with van der Waals surface area (Å²) in [6.45, 7) is 4.42. The Kier molecular flexibility index (Phi) is 7.78. The lowest BCUT2D eigenvalue weighted by Gasteiger charge is -2.33. The first-order chi connectivity index (χ1) is 12.1. The minimum Gasteiger partial charge on any atom is -0.497 e. The Labute approximate surface area is 163 Å². The third-order valence-electron chi connectivity index (χ3n) is 6.17. The van der Waals surface area contributed by atoms with Crippen molar-refractivity contribution in [1.29, 1.82) is 0 Å². The number of hydrogen-bond acceptors (Lipinski definition) is 3. The van der Waals surface area contributed by atoms with Gasteiger partial charge in [-0.2, -0.15) is 0 Å². The maximum atomic E-state index is 12.8. The largest absolute Gasteiger partial charge is 0.497 e. The summed E-state index contributed by atoms with van der Waals surface area (Å²) in [5.41, 5.74) is 1.03. The molecule has 0 spiro atoms. The number of halogens is 1. The average molecular weight is 381 g/mol. The number of hydrogen-bond donors (Lipinski definition) is 2. The second-order valence-electron chi connectivity index (χ2n) is 7.83. The van der Waals surface area contributed by atoms with Crippen LogP contribution in [0.25, 0.3) is 0 Å². The van der Waals surface area contributed by atoms with Crippen LogP contribution in [0, 0.1) is 11.8 Å². The molecule has 4 nitrogen and oxygen atoms in total. The van der Waals surface area contributed by atoms with E-state index in [1.807, 2.05) is 12.1 Å². The van der Waals surface area contributed by atoms with Crippen LogP contribution in [0.1, 0.15) is 57.4 Å². The Morgan fingerprint density at radius 1 is 1.23 bits per heavy atom. The van der Waals surface area contributed by atoms with Gasteiger partial charge in [-0.1, -0.05) is 31.9 Å². The van der Waals surface area contributed by atoms with Crippen molar-refractivity contribution in [2.75, 3.05) is 20.2 Å². The van der Waals surface area contributed by atoms with Crippen LogP contribution in [0.2, 0.25) is 0 Å². The highest BCUT2D eigenvalue weighted by molar-refractivity contribution is 5.85. The lowest BCUT2D eigenvalue weighted by Crippen LogP contribution is -2.44. The predicted octanol–water partition coefficient (Wildman–Crippen LogP) is 4.03. The van der Waals surface area contributed by atoms with Crippen molar-refractivity contribution in [2.24, 2.45) is 11.8 Å². The molecular weight excluding hydrogens is 348 g/mol. The molecule has 3 rings (SSSR count). The third-order valence-corrected chi connectivity index (χ3v) is 6.17. The first-order valence-corrected chi connectivity index (χ1v) is 9.79. The summed E-state index contributed by atoms with van der Waals surface area (Å²) in [4.78, 5) is 12.8. The van der Waals surface area contributed by atoms with Gasteiger partial charge in [-0.05, 0) is 68.3 Å². The Bertz CT molecular complexity index is 564. The van der Waals surface area contributed by atoms with E-state index in [9.17, 15) is 4.79 Å². The molecule has 1 aliphatic carbocycles. The Hall–Kier alpha value is -1.26. The Morgan fingerprint density at radius 2 is 1.85 bits per heavy atom. The molecule has 1 heterocycles. The predicted molar refractivity (Wildman–Crippen MR) is 108 cm³/mol. The van der Waals surface area contributed by atoms with Gasteiger partial charge in [0.1, 0.15) is 5.75 Å². The van der Waals surface area contributed by atoms with E-state index in [1.165, 1.54) is 31.2 Å². The van der Waals surface area contributed by atoms with Crippen LogP contribution in [-0.4, -0.2) is 26.1 Å². The second-order valence-corrected chi connectivity index (χ2v) is 7.83. The molecule has 1 aromatic carbocycles. The Morgan fingerprint density at radius 3 is 2.42 bits per heavy atom. The fourth-order valence-corrected chi connectivity index (χ4v) is 4.56. The molecule has 2 fully saturated rings. The van der Waals surface area contributed by atoms with Gasteiger partial charge in [-0.25, -0.2) is 0 Å². The summed E-state index contributed by atoms with van der Waals surface area (Å²) < 4.78 is 5.27. The van der Waals surface area contributed by atoms with Crippen molar-refractivity contribution in [3.8, 4) is 5.75 Å². The summed E-state index contributed by atoms with van der Waals surface area (Å²) in [6.07, 6.45) is 7.45. The molecule has 0 bridgehead atoms. The molecule has 2 N–H and O–H groups in total. The topological polar surface area (TPSA) is 50.4 Å². The normalized spacial score (nSPS) is 20.8. The quantitative estimate of drug-likeness (QED) is 0.783. The zero-order valence-corrected chi connectivity index (χ0v) is 16.9. The van der Waals surface area contributed by atoms with Crippen molar-refractivity contribution in [3.63, 3.8) is 0 Å². The van der Waals surface area contributed by atoms with Crippen molar-refractivity contribution >= 4 is 18.3 Å². The van der Waals surface area contributed by atoms with Gasteiger partial charge in [0.25, 0.3) is 0 Å². The molecular formula is C21H33ClN2O2. The number of methoxy groups -OCH3 is 1. The molecule has 5 heteroatoms. The van der Waals surface area contributed by atoms with Gasteiger partial charge in [-0.3, -0.25) is 4.79 Å². The van der Waals surface area contributed by atoms with E-state index in [1.54, 1.807) is 7.11 Å². The maximum Gasteiger partial charge on any atom is 0.220 e. The lowest BCUT2D eigenvalue weighted by molar-refractivity contribution is -0.124. The fraction of sp³-hybridized carbons (Fsp3) is 0.667. The van der Waals surface area contributed by atoms with E-state index in [0.717, 1.165) is 31.7 Å². The first kappa shape index (κ1) is 21.0. The first-order valence-electron chi connectivity index (χ1n) is 9.79. The molecule has 1 saturated carbocycles. The number of piperidine rings is 1. The number of carbonyl (C=O) groups is 1. The molecule has 0 aromatic heterocycles. The van der Waals surface area contributed by atoms with Crippen LogP contribution in [0.15, 0.2) is 24.3 Å². The van der Waals surface area contributed by atoms with E-state index in [-0.39, 0.29) is 23.9 Å². The highest BCUT2D eigenvalue weighted by Gasteiger charge is 2.37. The summed E-state index contributed by atoms with van der Waals surface area (Å²) in [5.74, 6) is 2.20. The van der Waals surface area contributed by atoms with Crippen LogP contribution in [-0.2, 0) is 10.3 Å².